The molecule has 1 unspecified atom stereocenters. The SMILES string of the molecule is CC1C=CC([Si](C)(C)C2=CCC([C@@H]3C[C@H](C)CC[C@H]3C(C)C)=C2)=C1. The van der Waals surface area contributed by atoms with Crippen LogP contribution in [0.15, 0.2) is 46.3 Å². The summed E-state index contributed by atoms with van der Waals surface area (Å²) >= 11 is 0. The first-order chi connectivity index (χ1) is 11.3. The maximum atomic E-state index is 2.64. The predicted molar refractivity (Wildman–Crippen MR) is 109 cm³/mol. The zero-order valence-electron chi connectivity index (χ0n) is 16.6. The van der Waals surface area contributed by atoms with E-state index in [0.717, 1.165) is 23.7 Å². The van der Waals surface area contributed by atoms with Gasteiger partial charge in [0.25, 0.3) is 0 Å². The number of rotatable bonds is 4. The Kier molecular flexibility index (Phi) is 5.11. The Morgan fingerprint density at radius 1 is 1.08 bits per heavy atom. The topological polar surface area (TPSA) is 0 Å². The van der Waals surface area contributed by atoms with E-state index in [2.05, 4.69) is 71.2 Å². The summed E-state index contributed by atoms with van der Waals surface area (Å²) in [5.41, 5.74) is 1.76. The van der Waals surface area contributed by atoms with Crippen LogP contribution in [0.4, 0.5) is 0 Å². The van der Waals surface area contributed by atoms with Crippen LogP contribution in [0.25, 0.3) is 0 Å². The van der Waals surface area contributed by atoms with Crippen LogP contribution in [0.5, 0.6) is 0 Å². The van der Waals surface area contributed by atoms with Gasteiger partial charge in [-0.3, -0.25) is 0 Å². The van der Waals surface area contributed by atoms with Gasteiger partial charge in [0.1, 0.15) is 8.07 Å². The van der Waals surface area contributed by atoms with Crippen LogP contribution < -0.4 is 0 Å². The minimum Gasteiger partial charge on any atom is -0.0808 e. The molecule has 1 fully saturated rings. The molecule has 0 saturated heterocycles. The zero-order valence-corrected chi connectivity index (χ0v) is 17.6. The molecular formula is C23H36Si. The van der Waals surface area contributed by atoms with Crippen LogP contribution in [0.1, 0.15) is 53.4 Å². The highest BCUT2D eigenvalue weighted by Gasteiger charge is 2.36. The van der Waals surface area contributed by atoms with Gasteiger partial charge in [-0.05, 0) is 48.9 Å². The molecule has 0 N–H and O–H groups in total. The van der Waals surface area contributed by atoms with E-state index in [1.165, 1.54) is 25.7 Å². The van der Waals surface area contributed by atoms with Gasteiger partial charge in [0.2, 0.25) is 0 Å². The third kappa shape index (κ3) is 3.42. The summed E-state index contributed by atoms with van der Waals surface area (Å²) in [7, 11) is -1.49. The van der Waals surface area contributed by atoms with E-state index in [0.29, 0.717) is 5.92 Å². The van der Waals surface area contributed by atoms with Crippen LogP contribution in [-0.4, -0.2) is 8.07 Å². The average Bonchev–Trinajstić information content (AvgIpc) is 3.16. The lowest BCUT2D eigenvalue weighted by Crippen LogP contribution is -2.31. The predicted octanol–water partition coefficient (Wildman–Crippen LogP) is 6.87. The van der Waals surface area contributed by atoms with Crippen molar-refractivity contribution < 1.29 is 0 Å². The quantitative estimate of drug-likeness (QED) is 0.490. The molecule has 0 radical (unpaired) electrons. The Labute approximate surface area is 150 Å². The molecule has 24 heavy (non-hydrogen) atoms. The molecule has 1 saturated carbocycles. The molecule has 0 nitrogen and oxygen atoms in total. The largest absolute Gasteiger partial charge is 0.111 e. The highest BCUT2D eigenvalue weighted by atomic mass is 28.3. The van der Waals surface area contributed by atoms with Gasteiger partial charge in [0.05, 0.1) is 0 Å². The van der Waals surface area contributed by atoms with Gasteiger partial charge in [-0.2, -0.15) is 0 Å². The van der Waals surface area contributed by atoms with Gasteiger partial charge in [0, 0.05) is 0 Å². The van der Waals surface area contributed by atoms with Crippen molar-refractivity contribution in [2.24, 2.45) is 29.6 Å². The van der Waals surface area contributed by atoms with E-state index in [9.17, 15) is 0 Å². The minimum absolute atomic E-state index is 0.627. The monoisotopic (exact) mass is 340 g/mol. The molecule has 0 amide bonds. The summed E-state index contributed by atoms with van der Waals surface area (Å²) in [6, 6.07) is 0. The standard InChI is InChI=1S/C23H36Si/c1-16(2)22-12-8-18(4)14-23(22)19-9-11-21(15-19)24(5,6)20-10-7-17(3)13-20/h7,10-11,13,15-18,22-23H,8-9,12,14H2,1-6H3/t17?,18-,22+,23+/m1/s1. The summed E-state index contributed by atoms with van der Waals surface area (Å²) in [6.45, 7) is 14.7. The average molecular weight is 341 g/mol. The van der Waals surface area contributed by atoms with Crippen molar-refractivity contribution in [1.29, 1.82) is 0 Å². The van der Waals surface area contributed by atoms with Crippen LogP contribution in [0.3, 0.4) is 0 Å². The van der Waals surface area contributed by atoms with Crippen molar-refractivity contribution in [3.8, 4) is 0 Å². The van der Waals surface area contributed by atoms with E-state index in [1.807, 2.05) is 0 Å². The molecule has 132 valence electrons. The maximum Gasteiger partial charge on any atom is 0.111 e. The summed E-state index contributed by atoms with van der Waals surface area (Å²) in [5, 5.41) is 3.32. The van der Waals surface area contributed by atoms with E-state index >= 15 is 0 Å². The molecule has 4 atom stereocenters. The molecule has 3 aliphatic rings. The van der Waals surface area contributed by atoms with Crippen LogP contribution in [-0.2, 0) is 0 Å². The molecule has 0 heterocycles. The molecule has 0 aromatic carbocycles. The second kappa shape index (κ2) is 6.82. The van der Waals surface area contributed by atoms with Gasteiger partial charge in [-0.1, -0.05) is 93.6 Å². The lowest BCUT2D eigenvalue weighted by atomic mass is 9.67. The van der Waals surface area contributed by atoms with E-state index in [1.54, 1.807) is 16.0 Å². The minimum atomic E-state index is -1.49. The molecule has 3 aliphatic carbocycles. The number of allylic oxidation sites excluding steroid dienone is 8. The maximum absolute atomic E-state index is 2.64. The Balaban J connectivity index is 1.81. The Hall–Kier alpha value is -0.823. The molecule has 0 aromatic heterocycles. The van der Waals surface area contributed by atoms with E-state index < -0.39 is 8.07 Å². The van der Waals surface area contributed by atoms with Crippen molar-refractivity contribution in [2.75, 3.05) is 0 Å². The van der Waals surface area contributed by atoms with E-state index in [4.69, 9.17) is 0 Å². The van der Waals surface area contributed by atoms with Crippen molar-refractivity contribution in [1.82, 2.24) is 0 Å². The molecule has 1 heteroatoms. The van der Waals surface area contributed by atoms with E-state index in [-0.39, 0.29) is 0 Å². The fourth-order valence-corrected chi connectivity index (χ4v) is 7.79. The second-order valence-electron chi connectivity index (χ2n) is 9.48. The molecular weight excluding hydrogens is 304 g/mol. The first-order valence-electron chi connectivity index (χ1n) is 10.1. The fourth-order valence-electron chi connectivity index (χ4n) is 5.10. The lowest BCUT2D eigenvalue weighted by Gasteiger charge is -2.38. The van der Waals surface area contributed by atoms with Crippen LogP contribution in [0, 0.1) is 29.6 Å². The second-order valence-corrected chi connectivity index (χ2v) is 13.9. The first-order valence-corrected chi connectivity index (χ1v) is 13.1. The highest BCUT2D eigenvalue weighted by molar-refractivity contribution is 6.91. The summed E-state index contributed by atoms with van der Waals surface area (Å²) < 4.78 is 0. The van der Waals surface area contributed by atoms with Crippen LogP contribution in [0.2, 0.25) is 13.1 Å². The van der Waals surface area contributed by atoms with Gasteiger partial charge in [-0.25, -0.2) is 0 Å². The number of hydrogen-bond donors (Lipinski definition) is 0. The Morgan fingerprint density at radius 3 is 2.46 bits per heavy atom. The molecule has 3 rings (SSSR count). The molecule has 0 aromatic rings. The Bertz CT molecular complexity index is 600. The summed E-state index contributed by atoms with van der Waals surface area (Å²) in [5.74, 6) is 4.08. The van der Waals surface area contributed by atoms with Crippen molar-refractivity contribution in [3.63, 3.8) is 0 Å². The van der Waals surface area contributed by atoms with Gasteiger partial charge >= 0.3 is 0 Å². The fraction of sp³-hybridized carbons (Fsp3) is 0.652. The first kappa shape index (κ1) is 18.0. The lowest BCUT2D eigenvalue weighted by molar-refractivity contribution is 0.169. The third-order valence-corrected chi connectivity index (χ3v) is 10.4. The summed E-state index contributed by atoms with van der Waals surface area (Å²) in [4.78, 5) is 0. The highest BCUT2D eigenvalue weighted by Crippen LogP contribution is 2.45. The molecule has 0 spiro atoms. The van der Waals surface area contributed by atoms with Gasteiger partial charge < -0.3 is 0 Å². The Morgan fingerprint density at radius 2 is 1.83 bits per heavy atom. The van der Waals surface area contributed by atoms with Crippen molar-refractivity contribution in [2.45, 2.75) is 66.5 Å². The van der Waals surface area contributed by atoms with Gasteiger partial charge in [0.15, 0.2) is 0 Å². The van der Waals surface area contributed by atoms with Crippen LogP contribution >= 0.6 is 0 Å². The van der Waals surface area contributed by atoms with Gasteiger partial charge in [-0.15, -0.1) is 0 Å². The van der Waals surface area contributed by atoms with Crippen molar-refractivity contribution >= 4 is 8.07 Å². The third-order valence-electron chi connectivity index (χ3n) is 6.86. The zero-order chi connectivity index (χ0) is 17.5. The van der Waals surface area contributed by atoms with Crippen molar-refractivity contribution in [3.05, 3.63) is 46.3 Å². The molecule has 0 aliphatic heterocycles. The smallest absolute Gasteiger partial charge is 0.0808 e. The molecule has 0 bridgehead atoms. The normalized spacial score (nSPS) is 33.7. The number of hydrogen-bond acceptors (Lipinski definition) is 0. The summed E-state index contributed by atoms with van der Waals surface area (Å²) in [6.07, 6.45) is 18.0.